The second-order valence-corrected chi connectivity index (χ2v) is 4.18. The summed E-state index contributed by atoms with van der Waals surface area (Å²) in [5, 5.41) is 5.40. The zero-order valence-corrected chi connectivity index (χ0v) is 9.59. The fourth-order valence-electron chi connectivity index (χ4n) is 2.04. The molecule has 1 heterocycles. The molecular formula is C14H13N3. The lowest BCUT2D eigenvalue weighted by Gasteiger charge is -2.04. The van der Waals surface area contributed by atoms with Gasteiger partial charge in [-0.15, -0.1) is 0 Å². The van der Waals surface area contributed by atoms with Crippen molar-refractivity contribution in [2.24, 2.45) is 0 Å². The van der Waals surface area contributed by atoms with Crippen molar-refractivity contribution in [3.63, 3.8) is 0 Å². The van der Waals surface area contributed by atoms with Gasteiger partial charge >= 0.3 is 0 Å². The molecule has 0 unspecified atom stereocenters. The molecule has 3 nitrogen and oxygen atoms in total. The minimum Gasteiger partial charge on any atom is -0.398 e. The summed E-state index contributed by atoms with van der Waals surface area (Å²) in [6, 6.07) is 14.1. The number of anilines is 1. The van der Waals surface area contributed by atoms with E-state index in [-0.39, 0.29) is 0 Å². The van der Waals surface area contributed by atoms with Crippen LogP contribution in [0.2, 0.25) is 0 Å². The first-order chi connectivity index (χ1) is 8.25. The van der Waals surface area contributed by atoms with Crippen molar-refractivity contribution < 1.29 is 0 Å². The SMILES string of the molecule is Cc1cccc(-n2ncc3c(N)cccc32)c1. The maximum absolute atomic E-state index is 5.92. The molecule has 0 amide bonds. The van der Waals surface area contributed by atoms with Crippen LogP contribution in [-0.2, 0) is 0 Å². The van der Waals surface area contributed by atoms with Gasteiger partial charge < -0.3 is 5.73 Å². The minimum atomic E-state index is 0.765. The maximum atomic E-state index is 5.92. The van der Waals surface area contributed by atoms with E-state index >= 15 is 0 Å². The molecule has 0 saturated heterocycles. The first-order valence-electron chi connectivity index (χ1n) is 5.55. The summed E-state index contributed by atoms with van der Waals surface area (Å²) in [6.07, 6.45) is 1.81. The van der Waals surface area contributed by atoms with Crippen LogP contribution in [0.3, 0.4) is 0 Å². The van der Waals surface area contributed by atoms with Crippen LogP contribution in [0.1, 0.15) is 5.56 Å². The second-order valence-electron chi connectivity index (χ2n) is 4.18. The van der Waals surface area contributed by atoms with Crippen LogP contribution in [0.25, 0.3) is 16.6 Å². The summed E-state index contributed by atoms with van der Waals surface area (Å²) in [5.41, 5.74) is 10.0. The van der Waals surface area contributed by atoms with Crippen molar-refractivity contribution >= 4 is 16.6 Å². The van der Waals surface area contributed by atoms with Gasteiger partial charge in [-0.25, -0.2) is 4.68 Å². The summed E-state index contributed by atoms with van der Waals surface area (Å²) in [6.45, 7) is 2.07. The van der Waals surface area contributed by atoms with E-state index in [0.717, 1.165) is 22.3 Å². The van der Waals surface area contributed by atoms with Gasteiger partial charge in [0.15, 0.2) is 0 Å². The van der Waals surface area contributed by atoms with Crippen LogP contribution in [0.15, 0.2) is 48.7 Å². The van der Waals surface area contributed by atoms with Gasteiger partial charge in [-0.2, -0.15) is 5.10 Å². The van der Waals surface area contributed by atoms with E-state index in [1.807, 2.05) is 41.2 Å². The molecule has 2 aromatic carbocycles. The normalized spacial score (nSPS) is 10.9. The van der Waals surface area contributed by atoms with Crippen LogP contribution < -0.4 is 5.73 Å². The summed E-state index contributed by atoms with van der Waals surface area (Å²) in [7, 11) is 0. The van der Waals surface area contributed by atoms with E-state index in [9.17, 15) is 0 Å². The van der Waals surface area contributed by atoms with Crippen molar-refractivity contribution in [1.29, 1.82) is 0 Å². The molecule has 0 saturated carbocycles. The lowest BCUT2D eigenvalue weighted by molar-refractivity contribution is 0.909. The van der Waals surface area contributed by atoms with Crippen LogP contribution >= 0.6 is 0 Å². The Hall–Kier alpha value is -2.29. The molecule has 3 rings (SSSR count). The molecule has 0 aliphatic heterocycles. The first kappa shape index (κ1) is 9.90. The van der Waals surface area contributed by atoms with Crippen LogP contribution in [0.5, 0.6) is 0 Å². The standard InChI is InChI=1S/C14H13N3/c1-10-4-2-5-11(8-10)17-14-7-3-6-13(15)12(14)9-16-17/h2-9H,15H2,1H3. The average molecular weight is 223 g/mol. The Morgan fingerprint density at radius 1 is 1.12 bits per heavy atom. The van der Waals surface area contributed by atoms with E-state index in [2.05, 4.69) is 24.2 Å². The minimum absolute atomic E-state index is 0.765. The number of aromatic nitrogens is 2. The lowest BCUT2D eigenvalue weighted by atomic mass is 10.2. The molecule has 2 N–H and O–H groups in total. The lowest BCUT2D eigenvalue weighted by Crippen LogP contribution is -1.96. The Bertz CT molecular complexity index is 683. The van der Waals surface area contributed by atoms with E-state index in [0.29, 0.717) is 0 Å². The van der Waals surface area contributed by atoms with Gasteiger partial charge in [0.1, 0.15) is 0 Å². The fraction of sp³-hybridized carbons (Fsp3) is 0.0714. The molecular weight excluding hydrogens is 210 g/mol. The smallest absolute Gasteiger partial charge is 0.0761 e. The van der Waals surface area contributed by atoms with Crippen LogP contribution in [0.4, 0.5) is 5.69 Å². The Labute approximate surface area is 99.5 Å². The van der Waals surface area contributed by atoms with E-state index in [1.165, 1.54) is 5.56 Å². The third kappa shape index (κ3) is 1.56. The summed E-state index contributed by atoms with van der Waals surface area (Å²) >= 11 is 0. The molecule has 0 bridgehead atoms. The number of hydrogen-bond acceptors (Lipinski definition) is 2. The number of rotatable bonds is 1. The molecule has 3 heteroatoms. The predicted molar refractivity (Wildman–Crippen MR) is 70.2 cm³/mol. The molecule has 3 aromatic rings. The zero-order valence-electron chi connectivity index (χ0n) is 9.59. The number of benzene rings is 2. The number of fused-ring (bicyclic) bond motifs is 1. The second kappa shape index (κ2) is 3.63. The van der Waals surface area contributed by atoms with Crippen molar-refractivity contribution in [2.75, 3.05) is 5.73 Å². The molecule has 84 valence electrons. The Morgan fingerprint density at radius 3 is 2.76 bits per heavy atom. The van der Waals surface area contributed by atoms with E-state index in [4.69, 9.17) is 5.73 Å². The summed E-state index contributed by atoms with van der Waals surface area (Å²) in [5.74, 6) is 0. The Kier molecular flexibility index (Phi) is 2.11. The van der Waals surface area contributed by atoms with Gasteiger partial charge in [0.25, 0.3) is 0 Å². The maximum Gasteiger partial charge on any atom is 0.0761 e. The topological polar surface area (TPSA) is 43.8 Å². The van der Waals surface area contributed by atoms with Gasteiger partial charge in [0.2, 0.25) is 0 Å². The third-order valence-corrected chi connectivity index (χ3v) is 2.89. The van der Waals surface area contributed by atoms with Gasteiger partial charge in [-0.3, -0.25) is 0 Å². The first-order valence-corrected chi connectivity index (χ1v) is 5.55. The van der Waals surface area contributed by atoms with Gasteiger partial charge in [-0.1, -0.05) is 18.2 Å². The van der Waals surface area contributed by atoms with E-state index < -0.39 is 0 Å². The number of nitrogen functional groups attached to an aromatic ring is 1. The highest BCUT2D eigenvalue weighted by Gasteiger charge is 2.06. The van der Waals surface area contributed by atoms with Gasteiger partial charge in [0, 0.05) is 11.1 Å². The number of aryl methyl sites for hydroxylation is 1. The molecule has 0 spiro atoms. The van der Waals surface area contributed by atoms with Crippen molar-refractivity contribution in [1.82, 2.24) is 9.78 Å². The van der Waals surface area contributed by atoms with Crippen molar-refractivity contribution in [3.8, 4) is 5.69 Å². The molecule has 0 aliphatic rings. The molecule has 0 aliphatic carbocycles. The summed E-state index contributed by atoms with van der Waals surface area (Å²) < 4.78 is 1.92. The average Bonchev–Trinajstić information content (AvgIpc) is 2.74. The van der Waals surface area contributed by atoms with Crippen molar-refractivity contribution in [2.45, 2.75) is 6.92 Å². The summed E-state index contributed by atoms with van der Waals surface area (Å²) in [4.78, 5) is 0. The van der Waals surface area contributed by atoms with Gasteiger partial charge in [0.05, 0.1) is 17.4 Å². The van der Waals surface area contributed by atoms with E-state index in [1.54, 1.807) is 0 Å². The Balaban J connectivity index is 2.28. The number of nitrogens with zero attached hydrogens (tertiary/aromatic N) is 2. The largest absolute Gasteiger partial charge is 0.398 e. The zero-order chi connectivity index (χ0) is 11.8. The highest BCUT2D eigenvalue weighted by molar-refractivity contribution is 5.91. The quantitative estimate of drug-likeness (QED) is 0.644. The predicted octanol–water partition coefficient (Wildman–Crippen LogP) is 2.92. The van der Waals surface area contributed by atoms with Gasteiger partial charge in [-0.05, 0) is 36.8 Å². The van der Waals surface area contributed by atoms with Crippen LogP contribution in [0, 0.1) is 6.92 Å². The Morgan fingerprint density at radius 2 is 1.94 bits per heavy atom. The molecule has 1 aromatic heterocycles. The number of hydrogen-bond donors (Lipinski definition) is 1. The monoisotopic (exact) mass is 223 g/mol. The van der Waals surface area contributed by atoms with Crippen molar-refractivity contribution in [3.05, 3.63) is 54.2 Å². The molecule has 0 atom stereocenters. The van der Waals surface area contributed by atoms with Crippen LogP contribution in [-0.4, -0.2) is 9.78 Å². The number of nitrogens with two attached hydrogens (primary N) is 1. The highest BCUT2D eigenvalue weighted by atomic mass is 15.3. The molecule has 17 heavy (non-hydrogen) atoms. The third-order valence-electron chi connectivity index (χ3n) is 2.89. The fourth-order valence-corrected chi connectivity index (χ4v) is 2.04. The molecule has 0 radical (unpaired) electrons. The highest BCUT2D eigenvalue weighted by Crippen LogP contribution is 2.23. The molecule has 0 fully saturated rings.